The first-order chi connectivity index (χ1) is 4.05. The maximum absolute atomic E-state index is 9.54. The van der Waals surface area contributed by atoms with Crippen molar-refractivity contribution in [2.45, 2.75) is 44.0 Å². The summed E-state index contributed by atoms with van der Waals surface area (Å²) in [5, 5.41) is 9.54. The van der Waals surface area contributed by atoms with Gasteiger partial charge in [0, 0.05) is 0 Å². The minimum atomic E-state index is -0.533. The zero-order valence-electron chi connectivity index (χ0n) is 5.85. The highest BCUT2D eigenvalue weighted by atomic mass is 16.6. The third-order valence-electron chi connectivity index (χ3n) is 2.58. The van der Waals surface area contributed by atoms with Crippen LogP contribution in [0.5, 0.6) is 0 Å². The minimum absolute atomic E-state index is 0.0451. The van der Waals surface area contributed by atoms with E-state index in [0.717, 1.165) is 12.8 Å². The quantitative estimate of drug-likeness (QED) is 0.487. The summed E-state index contributed by atoms with van der Waals surface area (Å²) in [6.07, 6.45) is 2.05. The molecule has 1 heterocycles. The van der Waals surface area contributed by atoms with E-state index in [0.29, 0.717) is 0 Å². The van der Waals surface area contributed by atoms with Crippen LogP contribution in [0.1, 0.15) is 26.7 Å². The van der Waals surface area contributed by atoms with E-state index in [-0.39, 0.29) is 11.7 Å². The zero-order chi connectivity index (χ0) is 6.70. The van der Waals surface area contributed by atoms with E-state index in [1.54, 1.807) is 0 Å². The summed E-state index contributed by atoms with van der Waals surface area (Å²) in [6, 6.07) is 0. The summed E-state index contributed by atoms with van der Waals surface area (Å²) < 4.78 is 5.31. The van der Waals surface area contributed by atoms with Crippen LogP contribution in [0.2, 0.25) is 0 Å². The zero-order valence-corrected chi connectivity index (χ0v) is 5.85. The van der Waals surface area contributed by atoms with E-state index in [2.05, 4.69) is 6.92 Å². The summed E-state index contributed by atoms with van der Waals surface area (Å²) >= 11 is 0. The third-order valence-corrected chi connectivity index (χ3v) is 2.58. The van der Waals surface area contributed by atoms with Crippen LogP contribution in [0, 0.1) is 0 Å². The lowest BCUT2D eigenvalue weighted by Gasteiger charge is -2.14. The maximum Gasteiger partial charge on any atom is 0.115 e. The topological polar surface area (TPSA) is 32.8 Å². The standard InChI is InChI=1S/C7H12O2/c1-6(8)3-4-7(2)5(6)9-7/h5,8H,3-4H2,1-2H3/t5-,6-,7+/m0/s1. The molecule has 0 spiro atoms. The Kier molecular flexibility index (Phi) is 0.746. The molecular weight excluding hydrogens is 116 g/mol. The van der Waals surface area contributed by atoms with E-state index < -0.39 is 5.60 Å². The van der Waals surface area contributed by atoms with Gasteiger partial charge in [-0.05, 0) is 26.7 Å². The monoisotopic (exact) mass is 128 g/mol. The van der Waals surface area contributed by atoms with Crippen molar-refractivity contribution in [2.75, 3.05) is 0 Å². The van der Waals surface area contributed by atoms with Gasteiger partial charge in [0.2, 0.25) is 0 Å². The Hall–Kier alpha value is -0.0800. The molecule has 2 aliphatic rings. The van der Waals surface area contributed by atoms with Crippen molar-refractivity contribution < 1.29 is 9.84 Å². The van der Waals surface area contributed by atoms with Crippen LogP contribution < -0.4 is 0 Å². The van der Waals surface area contributed by atoms with Gasteiger partial charge in [-0.2, -0.15) is 0 Å². The molecule has 0 aromatic heterocycles. The van der Waals surface area contributed by atoms with Gasteiger partial charge in [-0.15, -0.1) is 0 Å². The Morgan fingerprint density at radius 1 is 1.44 bits per heavy atom. The van der Waals surface area contributed by atoms with Crippen LogP contribution in [-0.2, 0) is 4.74 Å². The second-order valence-corrected chi connectivity index (χ2v) is 3.67. The predicted molar refractivity (Wildman–Crippen MR) is 33.1 cm³/mol. The summed E-state index contributed by atoms with van der Waals surface area (Å²) in [4.78, 5) is 0. The molecule has 2 fully saturated rings. The smallest absolute Gasteiger partial charge is 0.115 e. The van der Waals surface area contributed by atoms with Gasteiger partial charge < -0.3 is 9.84 Å². The molecule has 2 rings (SSSR count). The lowest BCUT2D eigenvalue weighted by Crippen LogP contribution is -2.27. The number of fused-ring (bicyclic) bond motifs is 1. The van der Waals surface area contributed by atoms with Gasteiger partial charge in [0.25, 0.3) is 0 Å². The van der Waals surface area contributed by atoms with Gasteiger partial charge >= 0.3 is 0 Å². The summed E-state index contributed by atoms with van der Waals surface area (Å²) in [6.45, 7) is 3.93. The fraction of sp³-hybridized carbons (Fsp3) is 1.00. The highest BCUT2D eigenvalue weighted by molar-refractivity contribution is 5.14. The van der Waals surface area contributed by atoms with Crippen molar-refractivity contribution in [1.29, 1.82) is 0 Å². The largest absolute Gasteiger partial charge is 0.387 e. The average Bonchev–Trinajstić information content (AvgIpc) is 2.35. The molecule has 0 aromatic carbocycles. The van der Waals surface area contributed by atoms with Crippen molar-refractivity contribution in [2.24, 2.45) is 0 Å². The van der Waals surface area contributed by atoms with Gasteiger partial charge in [-0.3, -0.25) is 0 Å². The first-order valence-corrected chi connectivity index (χ1v) is 3.45. The molecule has 0 aromatic rings. The predicted octanol–water partition coefficient (Wildman–Crippen LogP) is 0.689. The number of hydrogen-bond donors (Lipinski definition) is 1. The van der Waals surface area contributed by atoms with E-state index in [9.17, 15) is 5.11 Å². The molecule has 0 radical (unpaired) electrons. The van der Waals surface area contributed by atoms with E-state index >= 15 is 0 Å². The minimum Gasteiger partial charge on any atom is -0.387 e. The van der Waals surface area contributed by atoms with Crippen LogP contribution in [0.3, 0.4) is 0 Å². The second kappa shape index (κ2) is 1.18. The van der Waals surface area contributed by atoms with Crippen molar-refractivity contribution in [3.63, 3.8) is 0 Å². The van der Waals surface area contributed by atoms with Gasteiger partial charge in [-0.25, -0.2) is 0 Å². The van der Waals surface area contributed by atoms with Gasteiger partial charge in [0.1, 0.15) is 6.10 Å². The van der Waals surface area contributed by atoms with Crippen LogP contribution in [0.25, 0.3) is 0 Å². The first kappa shape index (κ1) is 5.69. The Morgan fingerprint density at radius 2 is 2.11 bits per heavy atom. The average molecular weight is 128 g/mol. The lowest BCUT2D eigenvalue weighted by atomic mass is 10.0. The van der Waals surface area contributed by atoms with Gasteiger partial charge in [0.15, 0.2) is 0 Å². The molecule has 0 unspecified atom stereocenters. The van der Waals surface area contributed by atoms with Crippen LogP contribution in [0.4, 0.5) is 0 Å². The maximum atomic E-state index is 9.54. The van der Waals surface area contributed by atoms with Crippen molar-refractivity contribution in [3.8, 4) is 0 Å². The van der Waals surface area contributed by atoms with E-state index in [1.165, 1.54) is 0 Å². The fourth-order valence-electron chi connectivity index (χ4n) is 1.84. The molecule has 9 heavy (non-hydrogen) atoms. The van der Waals surface area contributed by atoms with Crippen molar-refractivity contribution >= 4 is 0 Å². The molecule has 0 amide bonds. The fourth-order valence-corrected chi connectivity index (χ4v) is 1.84. The number of ether oxygens (including phenoxy) is 1. The Bertz CT molecular complexity index is 153. The van der Waals surface area contributed by atoms with E-state index in [4.69, 9.17) is 4.74 Å². The molecule has 1 aliphatic heterocycles. The van der Waals surface area contributed by atoms with Gasteiger partial charge in [0.05, 0.1) is 11.2 Å². The second-order valence-electron chi connectivity index (χ2n) is 3.67. The number of rotatable bonds is 0. The Morgan fingerprint density at radius 3 is 2.22 bits per heavy atom. The molecule has 1 saturated carbocycles. The number of hydrogen-bond acceptors (Lipinski definition) is 2. The molecule has 1 N–H and O–H groups in total. The molecule has 2 nitrogen and oxygen atoms in total. The summed E-state index contributed by atoms with van der Waals surface area (Å²) in [5.74, 6) is 0. The molecular formula is C7H12O2. The summed E-state index contributed by atoms with van der Waals surface area (Å²) in [5.41, 5.74) is -0.488. The van der Waals surface area contributed by atoms with Gasteiger partial charge in [-0.1, -0.05) is 0 Å². The molecule has 52 valence electrons. The van der Waals surface area contributed by atoms with E-state index in [1.807, 2.05) is 6.92 Å². The molecule has 1 saturated heterocycles. The lowest BCUT2D eigenvalue weighted by molar-refractivity contribution is 0.0185. The highest BCUT2D eigenvalue weighted by Gasteiger charge is 2.65. The SMILES string of the molecule is C[C@]1(O)CC[C@@]2(C)O[C@@H]12. The molecule has 3 atom stereocenters. The molecule has 1 aliphatic carbocycles. The van der Waals surface area contributed by atoms with Crippen LogP contribution in [0.15, 0.2) is 0 Å². The Balaban J connectivity index is 2.21. The van der Waals surface area contributed by atoms with Crippen molar-refractivity contribution in [1.82, 2.24) is 0 Å². The number of epoxide rings is 1. The normalized spacial score (nSPS) is 63.7. The molecule has 2 heteroatoms. The first-order valence-electron chi connectivity index (χ1n) is 3.45. The highest BCUT2D eigenvalue weighted by Crippen LogP contribution is 2.54. The molecule has 0 bridgehead atoms. The van der Waals surface area contributed by atoms with Crippen molar-refractivity contribution in [3.05, 3.63) is 0 Å². The summed E-state index contributed by atoms with van der Waals surface area (Å²) in [7, 11) is 0. The Labute approximate surface area is 54.8 Å². The van der Waals surface area contributed by atoms with Crippen LogP contribution >= 0.6 is 0 Å². The third kappa shape index (κ3) is 0.578. The number of aliphatic hydroxyl groups is 1. The van der Waals surface area contributed by atoms with Crippen LogP contribution in [-0.4, -0.2) is 22.4 Å².